The van der Waals surface area contributed by atoms with E-state index in [9.17, 15) is 4.79 Å². The molecule has 0 unspecified atom stereocenters. The first-order valence-electron chi connectivity index (χ1n) is 8.39. The highest BCUT2D eigenvalue weighted by Gasteiger charge is 2.09. The number of aromatic nitrogens is 2. The van der Waals surface area contributed by atoms with Gasteiger partial charge >= 0.3 is 0 Å². The third-order valence-electron chi connectivity index (χ3n) is 3.61. The van der Waals surface area contributed by atoms with E-state index >= 15 is 0 Å². The molecule has 1 aromatic carbocycles. The minimum Gasteiger partial charge on any atom is -0.492 e. The van der Waals surface area contributed by atoms with Crippen molar-refractivity contribution in [1.29, 1.82) is 0 Å². The normalized spacial score (nSPS) is 10.2. The van der Waals surface area contributed by atoms with E-state index in [0.717, 1.165) is 22.8 Å². The zero-order valence-corrected chi connectivity index (χ0v) is 14.5. The Morgan fingerprint density at radius 3 is 2.69 bits per heavy atom. The number of nitrogens with zero attached hydrogens (tertiary/aromatic N) is 2. The fourth-order valence-corrected chi connectivity index (χ4v) is 2.40. The summed E-state index contributed by atoms with van der Waals surface area (Å²) in [6, 6.07) is 16.7. The summed E-state index contributed by atoms with van der Waals surface area (Å²) in [4.78, 5) is 20.7. The number of carbonyl (C=O) groups is 1. The lowest BCUT2D eigenvalue weighted by Crippen LogP contribution is -2.24. The first-order valence-corrected chi connectivity index (χ1v) is 8.39. The van der Waals surface area contributed by atoms with Gasteiger partial charge in [-0.3, -0.25) is 14.8 Å². The fraction of sp³-hybridized carbons (Fsp3) is 0.150. The Morgan fingerprint density at radius 1 is 1.04 bits per heavy atom. The summed E-state index contributed by atoms with van der Waals surface area (Å²) in [6.45, 7) is 2.87. The molecule has 0 aliphatic heterocycles. The van der Waals surface area contributed by atoms with Crippen LogP contribution >= 0.6 is 0 Å². The van der Waals surface area contributed by atoms with Crippen LogP contribution in [0.4, 0.5) is 11.4 Å². The molecule has 2 N–H and O–H groups in total. The molecule has 2 heterocycles. The van der Waals surface area contributed by atoms with Gasteiger partial charge in [0.15, 0.2) is 0 Å². The number of hydrogen-bond donors (Lipinski definition) is 2. The topological polar surface area (TPSA) is 76.1 Å². The lowest BCUT2D eigenvalue weighted by Gasteiger charge is -2.12. The molecule has 0 atom stereocenters. The van der Waals surface area contributed by atoms with Crippen LogP contribution in [-0.4, -0.2) is 22.5 Å². The standard InChI is InChI=1S/C20H20N4O2/c1-2-26-19-9-4-3-8-17(19)24-15-10-12-22-18(13-15)20(25)23-14-16-7-5-6-11-21-16/h3-13H,2,14H2,1H3,(H,22,24)(H,23,25). The molecular formula is C20H20N4O2. The Hall–Kier alpha value is -3.41. The summed E-state index contributed by atoms with van der Waals surface area (Å²) < 4.78 is 5.61. The number of nitrogens with one attached hydrogen (secondary N) is 2. The van der Waals surface area contributed by atoms with Crippen molar-refractivity contribution in [2.45, 2.75) is 13.5 Å². The van der Waals surface area contributed by atoms with Gasteiger partial charge in [-0.2, -0.15) is 0 Å². The van der Waals surface area contributed by atoms with Gasteiger partial charge in [-0.25, -0.2) is 0 Å². The number of amides is 1. The molecule has 26 heavy (non-hydrogen) atoms. The van der Waals surface area contributed by atoms with Crippen LogP contribution in [-0.2, 0) is 6.54 Å². The SMILES string of the molecule is CCOc1ccccc1Nc1ccnc(C(=O)NCc2ccccn2)c1. The number of anilines is 2. The molecule has 3 aromatic rings. The third kappa shape index (κ3) is 4.57. The van der Waals surface area contributed by atoms with Crippen LogP contribution in [0.3, 0.4) is 0 Å². The van der Waals surface area contributed by atoms with Gasteiger partial charge in [0.05, 0.1) is 24.5 Å². The van der Waals surface area contributed by atoms with Gasteiger partial charge in [0, 0.05) is 18.1 Å². The molecule has 0 bridgehead atoms. The quantitative estimate of drug-likeness (QED) is 0.683. The van der Waals surface area contributed by atoms with Crippen LogP contribution in [0.2, 0.25) is 0 Å². The molecule has 1 amide bonds. The lowest BCUT2D eigenvalue weighted by atomic mass is 10.2. The van der Waals surface area contributed by atoms with E-state index in [1.165, 1.54) is 0 Å². The monoisotopic (exact) mass is 348 g/mol. The Kier molecular flexibility index (Phi) is 5.77. The van der Waals surface area contributed by atoms with Gasteiger partial charge in [0.2, 0.25) is 0 Å². The van der Waals surface area contributed by atoms with E-state index in [4.69, 9.17) is 4.74 Å². The molecule has 3 rings (SSSR count). The summed E-state index contributed by atoms with van der Waals surface area (Å²) in [5.74, 6) is 0.505. The van der Waals surface area contributed by atoms with Gasteiger partial charge in [-0.15, -0.1) is 0 Å². The molecule has 0 radical (unpaired) electrons. The summed E-state index contributed by atoms with van der Waals surface area (Å²) in [7, 11) is 0. The molecule has 0 spiro atoms. The van der Waals surface area contributed by atoms with Crippen molar-refractivity contribution < 1.29 is 9.53 Å². The second-order valence-electron chi connectivity index (χ2n) is 5.49. The summed E-state index contributed by atoms with van der Waals surface area (Å²) in [6.07, 6.45) is 3.29. The lowest BCUT2D eigenvalue weighted by molar-refractivity contribution is 0.0945. The van der Waals surface area contributed by atoms with Crippen LogP contribution in [0.5, 0.6) is 5.75 Å². The average Bonchev–Trinajstić information content (AvgIpc) is 2.69. The highest BCUT2D eigenvalue weighted by Crippen LogP contribution is 2.27. The van der Waals surface area contributed by atoms with Crippen molar-refractivity contribution in [3.8, 4) is 5.75 Å². The predicted molar refractivity (Wildman–Crippen MR) is 101 cm³/mol. The van der Waals surface area contributed by atoms with Crippen molar-refractivity contribution in [2.24, 2.45) is 0 Å². The molecule has 0 saturated carbocycles. The van der Waals surface area contributed by atoms with E-state index in [2.05, 4.69) is 20.6 Å². The summed E-state index contributed by atoms with van der Waals surface area (Å²) in [5, 5.41) is 6.09. The molecule has 132 valence electrons. The largest absolute Gasteiger partial charge is 0.492 e. The van der Waals surface area contributed by atoms with Crippen molar-refractivity contribution in [3.63, 3.8) is 0 Å². The van der Waals surface area contributed by atoms with Crippen molar-refractivity contribution >= 4 is 17.3 Å². The van der Waals surface area contributed by atoms with Crippen LogP contribution in [0, 0.1) is 0 Å². The van der Waals surface area contributed by atoms with Crippen LogP contribution in [0.15, 0.2) is 67.0 Å². The zero-order valence-electron chi connectivity index (χ0n) is 14.5. The number of rotatable bonds is 7. The van der Waals surface area contributed by atoms with Gasteiger partial charge in [0.1, 0.15) is 11.4 Å². The highest BCUT2D eigenvalue weighted by atomic mass is 16.5. The number of ether oxygens (including phenoxy) is 1. The zero-order chi connectivity index (χ0) is 18.2. The van der Waals surface area contributed by atoms with Gasteiger partial charge in [0.25, 0.3) is 5.91 Å². The summed E-state index contributed by atoms with van der Waals surface area (Å²) in [5.41, 5.74) is 2.72. The molecule has 2 aromatic heterocycles. The molecule has 0 aliphatic carbocycles. The molecule has 0 saturated heterocycles. The smallest absolute Gasteiger partial charge is 0.270 e. The van der Waals surface area contributed by atoms with Gasteiger partial charge < -0.3 is 15.4 Å². The Balaban J connectivity index is 1.69. The first kappa shape index (κ1) is 17.4. The fourth-order valence-electron chi connectivity index (χ4n) is 2.40. The second kappa shape index (κ2) is 8.62. The van der Waals surface area contributed by atoms with Crippen molar-refractivity contribution in [2.75, 3.05) is 11.9 Å². The number of carbonyl (C=O) groups excluding carboxylic acids is 1. The van der Waals surface area contributed by atoms with E-state index < -0.39 is 0 Å². The van der Waals surface area contributed by atoms with Gasteiger partial charge in [-0.1, -0.05) is 18.2 Å². The third-order valence-corrected chi connectivity index (χ3v) is 3.61. The van der Waals surface area contributed by atoms with Crippen molar-refractivity contribution in [1.82, 2.24) is 15.3 Å². The van der Waals surface area contributed by atoms with E-state index in [1.54, 1.807) is 24.5 Å². The second-order valence-corrected chi connectivity index (χ2v) is 5.49. The average molecular weight is 348 g/mol. The Morgan fingerprint density at radius 2 is 1.88 bits per heavy atom. The first-order chi connectivity index (χ1) is 12.8. The maximum Gasteiger partial charge on any atom is 0.270 e. The van der Waals surface area contributed by atoms with E-state index in [1.807, 2.05) is 49.4 Å². The van der Waals surface area contributed by atoms with Crippen LogP contribution < -0.4 is 15.4 Å². The number of para-hydroxylation sites is 2. The number of benzene rings is 1. The minimum atomic E-state index is -0.252. The maximum absolute atomic E-state index is 12.3. The van der Waals surface area contributed by atoms with Gasteiger partial charge in [-0.05, 0) is 43.3 Å². The van der Waals surface area contributed by atoms with Crippen LogP contribution in [0.1, 0.15) is 23.1 Å². The number of pyridine rings is 2. The maximum atomic E-state index is 12.3. The molecule has 6 nitrogen and oxygen atoms in total. The Bertz CT molecular complexity index is 868. The van der Waals surface area contributed by atoms with Crippen LogP contribution in [0.25, 0.3) is 0 Å². The van der Waals surface area contributed by atoms with E-state index in [-0.39, 0.29) is 5.91 Å². The Labute approximate surface area is 152 Å². The van der Waals surface area contributed by atoms with E-state index in [0.29, 0.717) is 18.8 Å². The summed E-state index contributed by atoms with van der Waals surface area (Å²) >= 11 is 0. The molecule has 0 fully saturated rings. The highest BCUT2D eigenvalue weighted by molar-refractivity contribution is 5.93. The molecule has 0 aliphatic rings. The predicted octanol–water partition coefficient (Wildman–Crippen LogP) is 3.55. The number of hydrogen-bond acceptors (Lipinski definition) is 5. The molecule has 6 heteroatoms. The van der Waals surface area contributed by atoms with Crippen molar-refractivity contribution in [3.05, 3.63) is 78.4 Å². The molecular weight excluding hydrogens is 328 g/mol. The minimum absolute atomic E-state index is 0.252.